The normalized spacial score (nSPS) is 11.2. The number of nitrogens with one attached hydrogen (secondary N) is 1. The molecule has 21 heavy (non-hydrogen) atoms. The van der Waals surface area contributed by atoms with E-state index in [4.69, 9.17) is 9.88 Å². The van der Waals surface area contributed by atoms with Gasteiger partial charge in [-0.2, -0.15) is 0 Å². The number of hydrogen-bond acceptors (Lipinski definition) is 4. The van der Waals surface area contributed by atoms with E-state index in [1.165, 1.54) is 12.1 Å². The second kappa shape index (κ2) is 7.99. The van der Waals surface area contributed by atoms with Gasteiger partial charge >= 0.3 is 0 Å². The molecule has 0 saturated heterocycles. The van der Waals surface area contributed by atoms with Crippen LogP contribution in [0.4, 0.5) is 5.69 Å². The number of nitrogens with two attached hydrogens (primary N) is 1. The van der Waals surface area contributed by atoms with E-state index in [-0.39, 0.29) is 16.6 Å². The maximum atomic E-state index is 11.7. The standard InChI is InChI=1S/C14H22N2O4S/c1-3-5-6-7-14(17)16-11-8-9-12(20-4-2)13(10-11)21(15,18)19/h8-10H,3-7H2,1-2H3,(H,16,17)(H2,15,18,19). The Morgan fingerprint density at radius 3 is 2.57 bits per heavy atom. The Morgan fingerprint density at radius 2 is 2.00 bits per heavy atom. The van der Waals surface area contributed by atoms with Crippen LogP contribution in [0.15, 0.2) is 23.1 Å². The number of sulfonamides is 1. The van der Waals surface area contributed by atoms with Crippen molar-refractivity contribution in [2.24, 2.45) is 5.14 Å². The minimum atomic E-state index is -3.91. The van der Waals surface area contributed by atoms with Crippen LogP contribution in [0.3, 0.4) is 0 Å². The van der Waals surface area contributed by atoms with Gasteiger partial charge in [0.05, 0.1) is 6.61 Å². The Bertz CT molecular complexity index is 585. The van der Waals surface area contributed by atoms with Crippen molar-refractivity contribution in [2.45, 2.75) is 44.4 Å². The molecule has 0 aliphatic carbocycles. The Kier molecular flexibility index (Phi) is 6.64. The third-order valence-electron chi connectivity index (χ3n) is 2.84. The van der Waals surface area contributed by atoms with Crippen molar-refractivity contribution in [1.82, 2.24) is 0 Å². The van der Waals surface area contributed by atoms with Crippen LogP contribution in [0.1, 0.15) is 39.5 Å². The summed E-state index contributed by atoms with van der Waals surface area (Å²) in [6.45, 7) is 4.13. The summed E-state index contributed by atoms with van der Waals surface area (Å²) in [6.07, 6.45) is 3.23. The van der Waals surface area contributed by atoms with Crippen molar-refractivity contribution < 1.29 is 17.9 Å². The van der Waals surface area contributed by atoms with E-state index in [9.17, 15) is 13.2 Å². The molecule has 3 N–H and O–H groups in total. The monoisotopic (exact) mass is 314 g/mol. The molecule has 0 radical (unpaired) electrons. The van der Waals surface area contributed by atoms with Crippen LogP contribution >= 0.6 is 0 Å². The number of rotatable bonds is 8. The van der Waals surface area contributed by atoms with Gasteiger partial charge < -0.3 is 10.1 Å². The molecule has 118 valence electrons. The van der Waals surface area contributed by atoms with Crippen LogP contribution in [-0.2, 0) is 14.8 Å². The van der Waals surface area contributed by atoms with E-state index >= 15 is 0 Å². The van der Waals surface area contributed by atoms with Crippen molar-refractivity contribution >= 4 is 21.6 Å². The predicted molar refractivity (Wildman–Crippen MR) is 81.8 cm³/mol. The number of amides is 1. The molecule has 0 aliphatic rings. The third-order valence-corrected chi connectivity index (χ3v) is 3.77. The van der Waals surface area contributed by atoms with Crippen LogP contribution in [0.2, 0.25) is 0 Å². The number of benzene rings is 1. The average molecular weight is 314 g/mol. The van der Waals surface area contributed by atoms with Gasteiger partial charge in [-0.05, 0) is 31.5 Å². The fraction of sp³-hybridized carbons (Fsp3) is 0.500. The SMILES string of the molecule is CCCCCC(=O)Nc1ccc(OCC)c(S(N)(=O)=O)c1. The van der Waals surface area contributed by atoms with Gasteiger partial charge in [0, 0.05) is 12.1 Å². The lowest BCUT2D eigenvalue weighted by Gasteiger charge is -2.11. The van der Waals surface area contributed by atoms with E-state index in [2.05, 4.69) is 12.2 Å². The van der Waals surface area contributed by atoms with Crippen molar-refractivity contribution in [3.8, 4) is 5.75 Å². The van der Waals surface area contributed by atoms with Gasteiger partial charge in [0.15, 0.2) is 0 Å². The van der Waals surface area contributed by atoms with E-state index < -0.39 is 10.0 Å². The Labute approximate surface area is 125 Å². The van der Waals surface area contributed by atoms with Crippen molar-refractivity contribution in [1.29, 1.82) is 0 Å². The lowest BCUT2D eigenvalue weighted by Crippen LogP contribution is -2.16. The first-order valence-corrected chi connectivity index (χ1v) is 8.52. The summed E-state index contributed by atoms with van der Waals surface area (Å²) in [7, 11) is -3.91. The van der Waals surface area contributed by atoms with Crippen LogP contribution < -0.4 is 15.2 Å². The summed E-state index contributed by atoms with van der Waals surface area (Å²) in [4.78, 5) is 11.6. The van der Waals surface area contributed by atoms with Gasteiger partial charge in [-0.1, -0.05) is 19.8 Å². The summed E-state index contributed by atoms with van der Waals surface area (Å²) >= 11 is 0. The van der Waals surface area contributed by atoms with E-state index in [0.29, 0.717) is 18.7 Å². The first-order chi connectivity index (χ1) is 9.88. The quantitative estimate of drug-likeness (QED) is 0.719. The highest BCUT2D eigenvalue weighted by Gasteiger charge is 2.16. The van der Waals surface area contributed by atoms with Gasteiger partial charge in [0.2, 0.25) is 15.9 Å². The Balaban J connectivity index is 2.88. The van der Waals surface area contributed by atoms with E-state index in [0.717, 1.165) is 19.3 Å². The fourth-order valence-corrected chi connectivity index (χ4v) is 2.54. The second-order valence-corrected chi connectivity index (χ2v) is 6.17. The fourth-order valence-electron chi connectivity index (χ4n) is 1.84. The molecule has 6 nitrogen and oxygen atoms in total. The van der Waals surface area contributed by atoms with Gasteiger partial charge in [0.25, 0.3) is 0 Å². The summed E-state index contributed by atoms with van der Waals surface area (Å²) in [6, 6.07) is 4.40. The van der Waals surface area contributed by atoms with Crippen molar-refractivity contribution in [3.63, 3.8) is 0 Å². The number of primary sulfonamides is 1. The van der Waals surface area contributed by atoms with Crippen LogP contribution in [0.5, 0.6) is 5.75 Å². The molecule has 0 aromatic heterocycles. The van der Waals surface area contributed by atoms with Crippen molar-refractivity contribution in [2.75, 3.05) is 11.9 Å². The molecule has 0 saturated carbocycles. The third kappa shape index (κ3) is 5.73. The first kappa shape index (κ1) is 17.5. The highest BCUT2D eigenvalue weighted by Crippen LogP contribution is 2.26. The van der Waals surface area contributed by atoms with E-state index in [1.807, 2.05) is 0 Å². The molecule has 1 aromatic carbocycles. The van der Waals surface area contributed by atoms with Crippen LogP contribution in [0, 0.1) is 0 Å². The molecule has 0 aliphatic heterocycles. The highest BCUT2D eigenvalue weighted by atomic mass is 32.2. The van der Waals surface area contributed by atoms with Crippen molar-refractivity contribution in [3.05, 3.63) is 18.2 Å². The maximum absolute atomic E-state index is 11.7. The molecule has 0 unspecified atom stereocenters. The number of ether oxygens (including phenoxy) is 1. The smallest absolute Gasteiger partial charge is 0.241 e. The molecular weight excluding hydrogens is 292 g/mol. The number of unbranched alkanes of at least 4 members (excludes halogenated alkanes) is 2. The number of hydrogen-bond donors (Lipinski definition) is 2. The van der Waals surface area contributed by atoms with Crippen LogP contribution in [-0.4, -0.2) is 20.9 Å². The first-order valence-electron chi connectivity index (χ1n) is 6.98. The molecule has 1 aromatic rings. The zero-order chi connectivity index (χ0) is 15.9. The minimum absolute atomic E-state index is 0.129. The largest absolute Gasteiger partial charge is 0.492 e. The van der Waals surface area contributed by atoms with Gasteiger partial charge in [-0.15, -0.1) is 0 Å². The number of anilines is 1. The number of carbonyl (C=O) groups is 1. The Morgan fingerprint density at radius 1 is 1.29 bits per heavy atom. The van der Waals surface area contributed by atoms with Gasteiger partial charge in [-0.3, -0.25) is 4.79 Å². The molecule has 1 rings (SSSR count). The molecule has 0 spiro atoms. The molecule has 0 heterocycles. The summed E-state index contributed by atoms with van der Waals surface area (Å²) in [5.74, 6) is 0.0389. The lowest BCUT2D eigenvalue weighted by molar-refractivity contribution is -0.116. The van der Waals surface area contributed by atoms with Gasteiger partial charge in [-0.25, -0.2) is 13.6 Å². The zero-order valence-corrected chi connectivity index (χ0v) is 13.2. The molecular formula is C14H22N2O4S. The average Bonchev–Trinajstić information content (AvgIpc) is 2.40. The molecule has 1 amide bonds. The lowest BCUT2D eigenvalue weighted by atomic mass is 10.2. The number of carbonyl (C=O) groups excluding carboxylic acids is 1. The predicted octanol–water partition coefficient (Wildman–Crippen LogP) is 2.25. The Hall–Kier alpha value is -1.60. The maximum Gasteiger partial charge on any atom is 0.241 e. The summed E-state index contributed by atoms with van der Waals surface area (Å²) < 4.78 is 28.4. The zero-order valence-electron chi connectivity index (χ0n) is 12.4. The second-order valence-electron chi connectivity index (χ2n) is 4.64. The van der Waals surface area contributed by atoms with E-state index in [1.54, 1.807) is 13.0 Å². The summed E-state index contributed by atoms with van der Waals surface area (Å²) in [5, 5.41) is 7.83. The minimum Gasteiger partial charge on any atom is -0.492 e. The highest BCUT2D eigenvalue weighted by molar-refractivity contribution is 7.89. The summed E-state index contributed by atoms with van der Waals surface area (Å²) in [5.41, 5.74) is 0.393. The molecule has 0 fully saturated rings. The topological polar surface area (TPSA) is 98.5 Å². The molecule has 7 heteroatoms. The molecule has 0 atom stereocenters. The van der Waals surface area contributed by atoms with Gasteiger partial charge in [0.1, 0.15) is 10.6 Å². The molecule has 0 bridgehead atoms. The van der Waals surface area contributed by atoms with Crippen LogP contribution in [0.25, 0.3) is 0 Å².